The fourth-order valence-corrected chi connectivity index (χ4v) is 5.30. The maximum atomic E-state index is 13.4. The van der Waals surface area contributed by atoms with E-state index in [2.05, 4.69) is 15.6 Å². The molecule has 9 nitrogen and oxygen atoms in total. The van der Waals surface area contributed by atoms with Gasteiger partial charge in [-0.3, -0.25) is 4.79 Å². The summed E-state index contributed by atoms with van der Waals surface area (Å²) < 4.78 is 6.33. The Morgan fingerprint density at radius 2 is 1.89 bits per heavy atom. The van der Waals surface area contributed by atoms with Crippen LogP contribution in [0.3, 0.4) is 0 Å². The Morgan fingerprint density at radius 3 is 2.58 bits per heavy atom. The Morgan fingerprint density at radius 1 is 1.16 bits per heavy atom. The van der Waals surface area contributed by atoms with Gasteiger partial charge in [0, 0.05) is 30.9 Å². The fourth-order valence-electron chi connectivity index (χ4n) is 5.09. The summed E-state index contributed by atoms with van der Waals surface area (Å²) in [5.41, 5.74) is 3.59. The molecule has 0 spiro atoms. The highest BCUT2D eigenvalue weighted by Gasteiger charge is 2.27. The molecule has 1 aliphatic rings. The number of likely N-dealkylation sites (tertiary alicyclic amines) is 1. The largest absolute Gasteiger partial charge is 0.492 e. The third-order valence-electron chi connectivity index (χ3n) is 6.72. The van der Waals surface area contributed by atoms with E-state index in [4.69, 9.17) is 16.3 Å². The number of H-pyrrole nitrogens is 1. The molecule has 0 aliphatic carbocycles. The zero-order valence-electron chi connectivity index (χ0n) is 21.8. The van der Waals surface area contributed by atoms with Crippen LogP contribution in [0.1, 0.15) is 43.7 Å². The van der Waals surface area contributed by atoms with Gasteiger partial charge in [0.2, 0.25) is 0 Å². The smallest absolute Gasteiger partial charge is 0.407 e. The first-order valence-electron chi connectivity index (χ1n) is 12.8. The predicted molar refractivity (Wildman–Crippen MR) is 150 cm³/mol. The summed E-state index contributed by atoms with van der Waals surface area (Å²) in [7, 11) is 0. The molecule has 1 fully saturated rings. The van der Waals surface area contributed by atoms with Crippen LogP contribution in [0.5, 0.6) is 5.75 Å². The van der Waals surface area contributed by atoms with E-state index in [0.717, 1.165) is 30.4 Å². The first-order valence-corrected chi connectivity index (χ1v) is 13.2. The minimum atomic E-state index is -0.928. The zero-order chi connectivity index (χ0) is 27.4. The molecule has 4 N–H and O–H groups in total. The number of pyridine rings is 1. The molecule has 1 saturated heterocycles. The van der Waals surface area contributed by atoms with Crippen LogP contribution in [0.15, 0.2) is 35.1 Å². The number of piperidine rings is 1. The number of hydrogen-bond donors (Lipinski definition) is 4. The van der Waals surface area contributed by atoms with Crippen LogP contribution in [0.2, 0.25) is 5.02 Å². The van der Waals surface area contributed by atoms with E-state index in [1.54, 1.807) is 12.1 Å². The number of hydrogen-bond acceptors (Lipinski definition) is 4. The lowest BCUT2D eigenvalue weighted by molar-refractivity contribution is 0.0969. The molecule has 10 heteroatoms. The number of fused-ring (bicyclic) bond motifs is 1. The number of nitrogens with zero attached hydrogens (tertiary/aromatic N) is 1. The van der Waals surface area contributed by atoms with Gasteiger partial charge < -0.3 is 30.4 Å². The number of ether oxygens (including phenoxy) is 1. The summed E-state index contributed by atoms with van der Waals surface area (Å²) in [6.45, 7) is 6.91. The average molecular weight is 541 g/mol. The van der Waals surface area contributed by atoms with Crippen LogP contribution < -0.4 is 20.9 Å². The summed E-state index contributed by atoms with van der Waals surface area (Å²) in [6.07, 6.45) is 2.14. The van der Waals surface area contributed by atoms with E-state index in [1.807, 2.05) is 39.0 Å². The van der Waals surface area contributed by atoms with Gasteiger partial charge in [0.05, 0.1) is 28.4 Å². The van der Waals surface area contributed by atoms with Crippen molar-refractivity contribution in [3.05, 3.63) is 56.8 Å². The lowest BCUT2D eigenvalue weighted by atomic mass is 9.98. The number of urea groups is 1. The molecule has 202 valence electrons. The van der Waals surface area contributed by atoms with E-state index in [0.29, 0.717) is 53.0 Å². The van der Waals surface area contributed by atoms with E-state index in [-0.39, 0.29) is 23.2 Å². The van der Waals surface area contributed by atoms with Gasteiger partial charge in [-0.25, -0.2) is 9.59 Å². The first kappa shape index (κ1) is 27.3. The topological polar surface area (TPSA) is 124 Å². The fraction of sp³-hybridized carbons (Fsp3) is 0.393. The maximum Gasteiger partial charge on any atom is 0.407 e. The second-order valence-electron chi connectivity index (χ2n) is 9.66. The SMILES string of the molecule is CCNC(=O)Nc1cc2c(OCCC3CCCCN3C(=O)O)c(-c3cc(C)cc(C)c3)c(=O)[nH]c2cc1Cl. The molecular weight excluding hydrogens is 508 g/mol. The molecule has 1 aliphatic heterocycles. The third kappa shape index (κ3) is 6.05. The van der Waals surface area contributed by atoms with Crippen molar-refractivity contribution < 1.29 is 19.4 Å². The number of carboxylic acid groups (broad SMARTS) is 1. The van der Waals surface area contributed by atoms with Gasteiger partial charge in [-0.1, -0.05) is 40.9 Å². The predicted octanol–water partition coefficient (Wildman–Crippen LogP) is 5.91. The lowest BCUT2D eigenvalue weighted by Crippen LogP contribution is -2.43. The summed E-state index contributed by atoms with van der Waals surface area (Å²) in [4.78, 5) is 41.7. The molecule has 2 aromatic carbocycles. The average Bonchev–Trinajstić information content (AvgIpc) is 2.84. The summed E-state index contributed by atoms with van der Waals surface area (Å²) in [6, 6.07) is 8.60. The molecule has 1 unspecified atom stereocenters. The molecule has 0 saturated carbocycles. The molecule has 0 bridgehead atoms. The van der Waals surface area contributed by atoms with Crippen LogP contribution in [0, 0.1) is 13.8 Å². The Labute approximate surface area is 226 Å². The number of nitrogens with one attached hydrogen (secondary N) is 3. The highest BCUT2D eigenvalue weighted by Crippen LogP contribution is 2.38. The molecule has 2 heterocycles. The molecule has 38 heavy (non-hydrogen) atoms. The maximum absolute atomic E-state index is 13.4. The molecule has 3 aromatic rings. The van der Waals surface area contributed by atoms with Crippen molar-refractivity contribution in [1.82, 2.24) is 15.2 Å². The van der Waals surface area contributed by atoms with Gasteiger partial charge in [-0.05, 0) is 57.7 Å². The van der Waals surface area contributed by atoms with E-state index in [9.17, 15) is 19.5 Å². The minimum absolute atomic E-state index is 0.149. The van der Waals surface area contributed by atoms with Crippen LogP contribution in [-0.2, 0) is 0 Å². The number of benzene rings is 2. The number of anilines is 1. The summed E-state index contributed by atoms with van der Waals surface area (Å²) >= 11 is 6.44. The van der Waals surface area contributed by atoms with Crippen molar-refractivity contribution in [2.24, 2.45) is 0 Å². The van der Waals surface area contributed by atoms with E-state index < -0.39 is 12.1 Å². The van der Waals surface area contributed by atoms with Gasteiger partial charge in [-0.2, -0.15) is 0 Å². The second-order valence-corrected chi connectivity index (χ2v) is 10.1. The number of carbonyl (C=O) groups excluding carboxylic acids is 1. The van der Waals surface area contributed by atoms with Crippen LogP contribution in [0.25, 0.3) is 22.0 Å². The highest BCUT2D eigenvalue weighted by molar-refractivity contribution is 6.34. The molecule has 1 aromatic heterocycles. The molecule has 0 radical (unpaired) electrons. The monoisotopic (exact) mass is 540 g/mol. The quantitative estimate of drug-likeness (QED) is 0.296. The van der Waals surface area contributed by atoms with Gasteiger partial charge in [0.1, 0.15) is 5.75 Å². The number of aromatic amines is 1. The zero-order valence-corrected chi connectivity index (χ0v) is 22.6. The standard InChI is InChI=1S/C28H33ClN4O5/c1-4-30-27(35)32-23-14-20-22(15-21(23)29)31-26(34)24(18-12-16(2)11-17(3)13-18)25(20)38-10-8-19-7-5-6-9-33(19)28(36)37/h11-15,19H,4-10H2,1-3H3,(H,31,34)(H,36,37)(H2,30,32,35). The number of rotatable bonds is 7. The van der Waals surface area contributed by atoms with Gasteiger partial charge >= 0.3 is 12.1 Å². The van der Waals surface area contributed by atoms with Crippen molar-refractivity contribution >= 4 is 40.3 Å². The van der Waals surface area contributed by atoms with Crippen molar-refractivity contribution in [1.29, 1.82) is 0 Å². The Balaban J connectivity index is 1.79. The molecule has 3 amide bonds. The van der Waals surface area contributed by atoms with E-state index in [1.165, 1.54) is 4.90 Å². The van der Waals surface area contributed by atoms with Crippen LogP contribution >= 0.6 is 11.6 Å². The summed E-state index contributed by atoms with van der Waals surface area (Å²) in [5, 5.41) is 15.9. The number of aryl methyl sites for hydroxylation is 2. The molecule has 1 atom stereocenters. The minimum Gasteiger partial charge on any atom is -0.492 e. The van der Waals surface area contributed by atoms with Crippen molar-refractivity contribution in [2.45, 2.75) is 52.5 Å². The Kier molecular flexibility index (Phi) is 8.46. The van der Waals surface area contributed by atoms with Gasteiger partial charge in [-0.15, -0.1) is 0 Å². The van der Waals surface area contributed by atoms with E-state index >= 15 is 0 Å². The number of halogens is 1. The Bertz CT molecular complexity index is 1400. The Hall–Kier alpha value is -3.72. The van der Waals surface area contributed by atoms with Crippen molar-refractivity contribution in [3.8, 4) is 16.9 Å². The van der Waals surface area contributed by atoms with Gasteiger partial charge in [0.25, 0.3) is 5.56 Å². The van der Waals surface area contributed by atoms with Crippen LogP contribution in [0.4, 0.5) is 15.3 Å². The summed E-state index contributed by atoms with van der Waals surface area (Å²) in [5.74, 6) is 0.363. The van der Waals surface area contributed by atoms with Crippen molar-refractivity contribution in [3.63, 3.8) is 0 Å². The number of carbonyl (C=O) groups is 2. The number of amides is 3. The van der Waals surface area contributed by atoms with Crippen molar-refractivity contribution in [2.75, 3.05) is 25.0 Å². The van der Waals surface area contributed by atoms with Crippen LogP contribution in [-0.4, -0.2) is 52.9 Å². The molecular formula is C28H33ClN4O5. The van der Waals surface area contributed by atoms with Gasteiger partial charge in [0.15, 0.2) is 0 Å². The first-order chi connectivity index (χ1) is 18.2. The molecule has 4 rings (SSSR count). The highest BCUT2D eigenvalue weighted by atomic mass is 35.5. The second kappa shape index (κ2) is 11.8. The lowest BCUT2D eigenvalue weighted by Gasteiger charge is -2.33. The normalized spacial score (nSPS) is 15.4. The third-order valence-corrected chi connectivity index (χ3v) is 7.03. The number of aromatic nitrogens is 1.